The molecule has 0 atom stereocenters. The zero-order valence-corrected chi connectivity index (χ0v) is 63.8. The van der Waals surface area contributed by atoms with Crippen molar-refractivity contribution >= 4 is 132 Å². The molecule has 0 fully saturated rings. The number of benzene rings is 4. The number of anilines is 4. The van der Waals surface area contributed by atoms with Crippen LogP contribution in [0.2, 0.25) is 20.1 Å². The zero-order chi connectivity index (χ0) is 73.9. The van der Waals surface area contributed by atoms with Crippen LogP contribution in [0, 0.1) is 13.8 Å². The summed E-state index contributed by atoms with van der Waals surface area (Å²) < 4.78 is 113. The Morgan fingerprint density at radius 3 is 1.13 bits per heavy atom. The van der Waals surface area contributed by atoms with Crippen LogP contribution in [0.3, 0.4) is 0 Å². The molecule has 4 aromatic carbocycles. The van der Waals surface area contributed by atoms with Gasteiger partial charge in [0.15, 0.2) is 65.4 Å². The molecule has 4 aliphatic heterocycles. The number of halogens is 4. The summed E-state index contributed by atoms with van der Waals surface area (Å²) in [7, 11) is -4.62. The Hall–Kier alpha value is -8.64. The van der Waals surface area contributed by atoms with E-state index in [1.54, 1.807) is 107 Å². The van der Waals surface area contributed by atoms with Crippen molar-refractivity contribution in [1.82, 2.24) is 78.8 Å². The summed E-state index contributed by atoms with van der Waals surface area (Å²) in [6.07, 6.45) is 6.55. The lowest BCUT2D eigenvalue weighted by atomic mass is 10.0. The van der Waals surface area contributed by atoms with E-state index in [2.05, 4.69) is 89.1 Å². The highest BCUT2D eigenvalue weighted by molar-refractivity contribution is 7.92. The van der Waals surface area contributed by atoms with Crippen molar-refractivity contribution in [3.05, 3.63) is 186 Å². The minimum atomic E-state index is -3.84. The molecular formula is C68H72Cl4N20O8S4. The monoisotopic (exact) mass is 1560 g/mol. The summed E-state index contributed by atoms with van der Waals surface area (Å²) in [6.45, 7) is 10.2. The number of aromatic nitrogens is 12. The molecule has 0 amide bonds. The Balaban J connectivity index is 0.000000123. The number of aryl methyl sites for hydroxylation is 2. The highest BCUT2D eigenvalue weighted by atomic mass is 35.5. The number of likely N-dealkylation sites (N-methyl/N-ethyl adjacent to an activating group) is 2. The normalized spacial score (nSPS) is 14.8. The average molecular weight is 1570 g/mol. The van der Waals surface area contributed by atoms with E-state index in [0.717, 1.165) is 121 Å². The third-order valence-corrected chi connectivity index (χ3v) is 26.4. The number of nitrogens with one attached hydrogen (secondary N) is 6. The van der Waals surface area contributed by atoms with Gasteiger partial charge in [-0.05, 0) is 101 Å². The fraction of sp³-hybridized carbons (Fsp3) is 0.294. The van der Waals surface area contributed by atoms with Crippen molar-refractivity contribution in [2.75, 3.05) is 89.7 Å². The summed E-state index contributed by atoms with van der Waals surface area (Å²) >= 11 is 24.0. The van der Waals surface area contributed by atoms with Gasteiger partial charge in [0.2, 0.25) is 39.3 Å². The Kier molecular flexibility index (Phi) is 20.8. The number of hydrogen-bond acceptors (Lipinski definition) is 24. The van der Waals surface area contributed by atoms with E-state index in [1.165, 1.54) is 48.5 Å². The van der Waals surface area contributed by atoms with Gasteiger partial charge in [-0.15, -0.1) is 20.4 Å². The number of rotatable bonds is 12. The topological polar surface area (TPSA) is 336 Å². The predicted octanol–water partition coefficient (Wildman–Crippen LogP) is 8.91. The zero-order valence-electron chi connectivity index (χ0n) is 57.5. The molecule has 0 saturated heterocycles. The molecular weight excluding hydrogens is 1490 g/mol. The van der Waals surface area contributed by atoms with Gasteiger partial charge in [0, 0.05) is 172 Å². The first-order valence-electron chi connectivity index (χ1n) is 32.8. The summed E-state index contributed by atoms with van der Waals surface area (Å²) in [6, 6.07) is 24.9. The van der Waals surface area contributed by atoms with Gasteiger partial charge in [-0.3, -0.25) is 0 Å². The fourth-order valence-electron chi connectivity index (χ4n) is 13.2. The van der Waals surface area contributed by atoms with Crippen molar-refractivity contribution in [1.29, 1.82) is 0 Å². The molecule has 0 bridgehead atoms. The predicted molar refractivity (Wildman–Crippen MR) is 398 cm³/mol. The Morgan fingerprint density at radius 1 is 0.404 bits per heavy atom. The van der Waals surface area contributed by atoms with Crippen LogP contribution in [0.25, 0.3) is 22.6 Å². The lowest BCUT2D eigenvalue weighted by Crippen LogP contribution is -2.29. The van der Waals surface area contributed by atoms with Crippen LogP contribution in [0.4, 0.5) is 23.3 Å². The van der Waals surface area contributed by atoms with Crippen LogP contribution in [0.5, 0.6) is 0 Å². The largest absolute Gasteiger partial charge is 0.370 e. The summed E-state index contributed by atoms with van der Waals surface area (Å²) in [5, 5.41) is 37.6. The molecule has 16 rings (SSSR count). The van der Waals surface area contributed by atoms with Gasteiger partial charge < -0.3 is 41.7 Å². The van der Waals surface area contributed by atoms with Crippen LogP contribution in [0.1, 0.15) is 56.4 Å². The minimum Gasteiger partial charge on any atom is -0.370 e. The number of hydrogen-bond donors (Lipinski definition) is 6. The SMILES string of the molecule is CNc1nn2c3c(c(C)nc2c1S(=O)(=O)c1cccc(Cl)c1)CN(C)CC3.CNc1nn2c3c(c(C)nc2c1S(=O)(=O)c1cccc(Cl)c1)CNCC3.CNc1nn2c3c(cnc2c1S(=O)(=O)c1cccc(Cl)c1)CN(C)CC3.CNc1nn2c3c(cnc2c1S(=O)(=O)c1cccc(Cl)c1)CNCC3. The first-order chi connectivity index (χ1) is 49.7. The molecule has 0 unspecified atom stereocenters. The van der Waals surface area contributed by atoms with Crippen molar-refractivity contribution < 1.29 is 33.7 Å². The molecule has 4 aliphatic rings. The second kappa shape index (κ2) is 29.4. The molecule has 104 heavy (non-hydrogen) atoms. The first kappa shape index (κ1) is 73.7. The molecule has 0 aliphatic carbocycles. The molecule has 8 aromatic heterocycles. The van der Waals surface area contributed by atoms with E-state index in [4.69, 9.17) is 46.4 Å². The Morgan fingerprint density at radius 2 is 0.731 bits per heavy atom. The molecule has 36 heteroatoms. The molecule has 0 radical (unpaired) electrons. The van der Waals surface area contributed by atoms with Crippen LogP contribution in [-0.2, 0) is 91.2 Å². The summed E-state index contributed by atoms with van der Waals surface area (Å²) in [5.74, 6) is 1.13. The van der Waals surface area contributed by atoms with E-state index in [-0.39, 0.29) is 62.4 Å². The van der Waals surface area contributed by atoms with Gasteiger partial charge in [0.05, 0.1) is 42.4 Å². The summed E-state index contributed by atoms with van der Waals surface area (Å²) in [4.78, 5) is 23.2. The van der Waals surface area contributed by atoms with Crippen LogP contribution in [0.15, 0.2) is 149 Å². The van der Waals surface area contributed by atoms with Crippen molar-refractivity contribution in [3.8, 4) is 0 Å². The third kappa shape index (κ3) is 13.7. The van der Waals surface area contributed by atoms with Gasteiger partial charge in [-0.1, -0.05) is 70.7 Å². The molecule has 0 spiro atoms. The quantitative estimate of drug-likeness (QED) is 0.0664. The Bertz CT molecular complexity index is 5900. The van der Waals surface area contributed by atoms with Crippen LogP contribution >= 0.6 is 46.4 Å². The van der Waals surface area contributed by atoms with E-state index in [9.17, 15) is 33.7 Å². The lowest BCUT2D eigenvalue weighted by Gasteiger charge is -2.26. The van der Waals surface area contributed by atoms with Gasteiger partial charge in [0.25, 0.3) is 0 Å². The molecule has 0 saturated carbocycles. The van der Waals surface area contributed by atoms with Gasteiger partial charge in [-0.25, -0.2) is 71.7 Å². The minimum absolute atomic E-state index is 0.0681. The fourth-order valence-corrected chi connectivity index (χ4v) is 20.4. The van der Waals surface area contributed by atoms with E-state index in [1.807, 2.05) is 20.9 Å². The second-order valence-electron chi connectivity index (χ2n) is 25.0. The van der Waals surface area contributed by atoms with Crippen LogP contribution in [-0.4, -0.2) is 170 Å². The third-order valence-electron chi connectivity index (χ3n) is 18.3. The first-order valence-corrected chi connectivity index (χ1v) is 40.3. The highest BCUT2D eigenvalue weighted by Crippen LogP contribution is 2.39. The van der Waals surface area contributed by atoms with Gasteiger partial charge in [-0.2, -0.15) is 0 Å². The lowest BCUT2D eigenvalue weighted by molar-refractivity contribution is 0.306. The van der Waals surface area contributed by atoms with Crippen LogP contribution < -0.4 is 31.9 Å². The van der Waals surface area contributed by atoms with E-state index >= 15 is 0 Å². The molecule has 12 aromatic rings. The van der Waals surface area contributed by atoms with Crippen molar-refractivity contribution in [2.45, 2.75) is 105 Å². The number of nitrogens with zero attached hydrogens (tertiary/aromatic N) is 14. The standard InChI is InChI=1S/C18H20ClN5O2S.2C17H18ClN5O2S.C16H16ClN5O2S/c1-11-14-10-23(3)8-7-15(14)24-18(21-11)16(17(20-2)22-24)27(25,26)13-6-4-5-12(19)9-13;1-19-16-15(26(24,25)13-5-3-4-12(18)8-13)17-20-9-11-10-22(2)7-6-14(11)23(17)21-16;1-10-13-9-20-7-6-14(13)23-17(21-10)15(16(19-2)22-23)26(24,25)12-5-3-4-11(18)8-12;1-18-15-14(25(23,24)12-4-2-3-11(17)7-12)16-20-9-10-8-19-6-5-13(10)22(16)21-15/h4-6,9H,7-8,10H2,1-3H3,(H,20,22);3-5,8-9H,6-7,10H2,1-2H3,(H,19,21);3-5,8,20H,6-7,9H2,1-2H3,(H,19,22);2-4,7,9,19H,5-6,8H2,1H3,(H,18,21). The Labute approximate surface area is 620 Å². The smallest absolute Gasteiger partial charge is 0.214 e. The molecule has 544 valence electrons. The molecule has 6 N–H and O–H groups in total. The molecule has 12 heterocycles. The van der Waals surface area contributed by atoms with Crippen molar-refractivity contribution in [3.63, 3.8) is 0 Å². The van der Waals surface area contributed by atoms with Crippen molar-refractivity contribution in [2.24, 2.45) is 0 Å². The number of fused-ring (bicyclic) bond motifs is 12. The van der Waals surface area contributed by atoms with Gasteiger partial charge >= 0.3 is 0 Å². The number of sulfone groups is 4. The molecule has 28 nitrogen and oxygen atoms in total. The maximum absolute atomic E-state index is 13.4. The van der Waals surface area contributed by atoms with E-state index in [0.29, 0.717) is 55.8 Å². The summed E-state index contributed by atoms with van der Waals surface area (Å²) in [5.41, 5.74) is 11.2. The second-order valence-corrected chi connectivity index (χ2v) is 34.3. The highest BCUT2D eigenvalue weighted by Gasteiger charge is 2.36. The van der Waals surface area contributed by atoms with E-state index < -0.39 is 39.3 Å². The maximum atomic E-state index is 13.4. The van der Waals surface area contributed by atoms with Gasteiger partial charge in [0.1, 0.15) is 0 Å². The maximum Gasteiger partial charge on any atom is 0.214 e. The average Bonchev–Trinajstić information content (AvgIpc) is 1.59.